The number of nitrogens with one attached hydrogen (secondary N) is 1. The van der Waals surface area contributed by atoms with Crippen LogP contribution in [0.5, 0.6) is 0 Å². The van der Waals surface area contributed by atoms with Crippen molar-refractivity contribution >= 4 is 23.5 Å². The summed E-state index contributed by atoms with van der Waals surface area (Å²) < 4.78 is 6.81. The van der Waals surface area contributed by atoms with Crippen LogP contribution in [0, 0.1) is 5.92 Å². The van der Waals surface area contributed by atoms with Crippen molar-refractivity contribution in [2.24, 2.45) is 5.92 Å². The molecule has 3 aromatic rings. The summed E-state index contributed by atoms with van der Waals surface area (Å²) in [7, 11) is 0. The summed E-state index contributed by atoms with van der Waals surface area (Å²) >= 11 is 5.99. The molecule has 4 rings (SSSR count). The molecule has 6 nitrogen and oxygen atoms in total. The van der Waals surface area contributed by atoms with E-state index in [1.807, 2.05) is 30.3 Å². The Balaban J connectivity index is 1.56. The molecule has 0 unspecified atom stereocenters. The van der Waals surface area contributed by atoms with Crippen molar-refractivity contribution in [3.05, 3.63) is 71.4 Å². The molecule has 29 heavy (non-hydrogen) atoms. The molecule has 0 radical (unpaired) electrons. The zero-order valence-electron chi connectivity index (χ0n) is 15.7. The number of benzene rings is 2. The van der Waals surface area contributed by atoms with Crippen LogP contribution in [0.15, 0.2) is 60.8 Å². The van der Waals surface area contributed by atoms with Crippen LogP contribution in [-0.2, 0) is 9.53 Å². The second kappa shape index (κ2) is 8.49. The number of hydrogen-bond acceptors (Lipinski definition) is 4. The minimum absolute atomic E-state index is 0.178. The summed E-state index contributed by atoms with van der Waals surface area (Å²) in [5, 5.41) is 7.83. The standard InChI is InChI=1S/C22H20ClN3O3/c23-17-10-8-16(9-11-17)21-19(13-26(25-21)18-4-2-1-3-5-18)22(28)24-12-20(27)29-14-15-6-7-15/h1-5,8-11,13,15H,6-7,12,14H2,(H,24,28). The Bertz CT molecular complexity index is 1010. The maximum Gasteiger partial charge on any atom is 0.325 e. The van der Waals surface area contributed by atoms with Gasteiger partial charge in [-0.3, -0.25) is 9.59 Å². The highest BCUT2D eigenvalue weighted by Gasteiger charge is 2.24. The van der Waals surface area contributed by atoms with Crippen LogP contribution in [0.4, 0.5) is 0 Å². The van der Waals surface area contributed by atoms with E-state index >= 15 is 0 Å². The maximum absolute atomic E-state index is 12.8. The number of halogens is 1. The van der Waals surface area contributed by atoms with E-state index in [9.17, 15) is 9.59 Å². The molecule has 1 amide bonds. The van der Waals surface area contributed by atoms with Gasteiger partial charge in [0.1, 0.15) is 12.2 Å². The minimum atomic E-state index is -0.436. The van der Waals surface area contributed by atoms with Gasteiger partial charge >= 0.3 is 5.97 Å². The lowest BCUT2D eigenvalue weighted by atomic mass is 10.1. The van der Waals surface area contributed by atoms with Crippen molar-refractivity contribution in [3.63, 3.8) is 0 Å². The highest BCUT2D eigenvalue weighted by molar-refractivity contribution is 6.30. The lowest BCUT2D eigenvalue weighted by Gasteiger charge is -2.06. The quantitative estimate of drug-likeness (QED) is 0.601. The molecule has 0 bridgehead atoms. The van der Waals surface area contributed by atoms with Crippen molar-refractivity contribution in [2.75, 3.05) is 13.2 Å². The number of aromatic nitrogens is 2. The molecule has 1 aliphatic rings. The monoisotopic (exact) mass is 409 g/mol. The van der Waals surface area contributed by atoms with E-state index in [4.69, 9.17) is 16.3 Å². The number of rotatable bonds is 7. The van der Waals surface area contributed by atoms with E-state index in [1.165, 1.54) is 0 Å². The minimum Gasteiger partial charge on any atom is -0.464 e. The van der Waals surface area contributed by atoms with Gasteiger partial charge in [0.05, 0.1) is 17.9 Å². The Hall–Kier alpha value is -3.12. The molecule has 1 aromatic heterocycles. The van der Waals surface area contributed by atoms with Gasteiger partial charge in [-0.1, -0.05) is 41.9 Å². The van der Waals surface area contributed by atoms with Gasteiger partial charge < -0.3 is 10.1 Å². The second-order valence-electron chi connectivity index (χ2n) is 6.99. The van der Waals surface area contributed by atoms with Gasteiger partial charge in [-0.05, 0) is 43.0 Å². The molecule has 1 heterocycles. The first kappa shape index (κ1) is 19.2. The van der Waals surface area contributed by atoms with Crippen LogP contribution in [0.25, 0.3) is 16.9 Å². The Morgan fingerprint density at radius 2 is 1.83 bits per heavy atom. The fourth-order valence-electron chi connectivity index (χ4n) is 2.87. The summed E-state index contributed by atoms with van der Waals surface area (Å²) in [6, 6.07) is 16.6. The molecule has 0 saturated heterocycles. The molecule has 1 N–H and O–H groups in total. The molecular formula is C22H20ClN3O3. The van der Waals surface area contributed by atoms with E-state index < -0.39 is 5.97 Å². The third-order valence-corrected chi connectivity index (χ3v) is 4.92. The van der Waals surface area contributed by atoms with Crippen LogP contribution in [0.3, 0.4) is 0 Å². The van der Waals surface area contributed by atoms with Crippen molar-refractivity contribution in [3.8, 4) is 16.9 Å². The first-order valence-corrected chi connectivity index (χ1v) is 9.83. The largest absolute Gasteiger partial charge is 0.464 e. The second-order valence-corrected chi connectivity index (χ2v) is 7.42. The topological polar surface area (TPSA) is 73.2 Å². The number of esters is 1. The van der Waals surface area contributed by atoms with Gasteiger partial charge in [0.2, 0.25) is 0 Å². The third-order valence-electron chi connectivity index (χ3n) is 4.67. The summed E-state index contributed by atoms with van der Waals surface area (Å²) in [4.78, 5) is 24.7. The van der Waals surface area contributed by atoms with E-state index in [2.05, 4.69) is 10.4 Å². The summed E-state index contributed by atoms with van der Waals surface area (Å²) in [6.45, 7) is 0.249. The lowest BCUT2D eigenvalue weighted by molar-refractivity contribution is -0.142. The normalized spacial score (nSPS) is 13.1. The van der Waals surface area contributed by atoms with Crippen LogP contribution >= 0.6 is 11.6 Å². The van der Waals surface area contributed by atoms with Crippen LogP contribution in [0.1, 0.15) is 23.2 Å². The molecule has 0 aliphatic heterocycles. The smallest absolute Gasteiger partial charge is 0.325 e. The average molecular weight is 410 g/mol. The molecular weight excluding hydrogens is 390 g/mol. The van der Waals surface area contributed by atoms with E-state index in [1.54, 1.807) is 35.1 Å². The predicted octanol–water partition coefficient (Wildman–Crippen LogP) is 3.88. The molecule has 0 atom stereocenters. The number of nitrogens with zero attached hydrogens (tertiary/aromatic N) is 2. The average Bonchev–Trinajstić information content (AvgIpc) is 3.47. The number of hydrogen-bond donors (Lipinski definition) is 1. The first-order valence-electron chi connectivity index (χ1n) is 9.45. The number of ether oxygens (including phenoxy) is 1. The Morgan fingerprint density at radius 1 is 1.10 bits per heavy atom. The molecule has 2 aromatic carbocycles. The van der Waals surface area contributed by atoms with Gasteiger partial charge in [-0.15, -0.1) is 0 Å². The number of carbonyl (C=O) groups excluding carboxylic acids is 2. The molecule has 148 valence electrons. The summed E-state index contributed by atoms with van der Waals surface area (Å²) in [6.07, 6.45) is 3.86. The Kier molecular flexibility index (Phi) is 5.62. The highest BCUT2D eigenvalue weighted by Crippen LogP contribution is 2.29. The molecule has 7 heteroatoms. The van der Waals surface area contributed by atoms with E-state index in [0.29, 0.717) is 28.8 Å². The fourth-order valence-corrected chi connectivity index (χ4v) is 2.99. The SMILES string of the molecule is O=C(CNC(=O)c1cn(-c2ccccc2)nc1-c1ccc(Cl)cc1)OCC1CC1. The van der Waals surface area contributed by atoms with Crippen molar-refractivity contribution < 1.29 is 14.3 Å². The van der Waals surface area contributed by atoms with Gasteiger partial charge in [-0.2, -0.15) is 5.10 Å². The van der Waals surface area contributed by atoms with Crippen molar-refractivity contribution in [1.82, 2.24) is 15.1 Å². The van der Waals surface area contributed by atoms with Gasteiger partial charge in [0.25, 0.3) is 5.91 Å². The van der Waals surface area contributed by atoms with E-state index in [0.717, 1.165) is 24.1 Å². The predicted molar refractivity (Wildman–Crippen MR) is 110 cm³/mol. The lowest BCUT2D eigenvalue weighted by Crippen LogP contribution is -2.31. The fraction of sp³-hybridized carbons (Fsp3) is 0.227. The van der Waals surface area contributed by atoms with Gasteiger partial charge in [-0.25, -0.2) is 4.68 Å². The zero-order chi connectivity index (χ0) is 20.2. The first-order chi connectivity index (χ1) is 14.1. The number of para-hydroxylation sites is 1. The molecule has 1 fully saturated rings. The van der Waals surface area contributed by atoms with Crippen LogP contribution < -0.4 is 5.32 Å². The molecule has 0 spiro atoms. The van der Waals surface area contributed by atoms with E-state index in [-0.39, 0.29) is 12.5 Å². The zero-order valence-corrected chi connectivity index (χ0v) is 16.4. The van der Waals surface area contributed by atoms with Crippen molar-refractivity contribution in [2.45, 2.75) is 12.8 Å². The summed E-state index contributed by atoms with van der Waals surface area (Å²) in [5.41, 5.74) is 2.46. The van der Waals surface area contributed by atoms with Crippen LogP contribution in [0.2, 0.25) is 5.02 Å². The Labute approximate surface area is 173 Å². The maximum atomic E-state index is 12.8. The summed E-state index contributed by atoms with van der Waals surface area (Å²) in [5.74, 6) is -0.343. The molecule has 1 saturated carbocycles. The van der Waals surface area contributed by atoms with Gasteiger partial charge in [0.15, 0.2) is 0 Å². The highest BCUT2D eigenvalue weighted by atomic mass is 35.5. The molecule has 1 aliphatic carbocycles. The van der Waals surface area contributed by atoms with Crippen LogP contribution in [-0.4, -0.2) is 34.8 Å². The van der Waals surface area contributed by atoms with Crippen molar-refractivity contribution in [1.29, 1.82) is 0 Å². The number of amides is 1. The van der Waals surface area contributed by atoms with Gasteiger partial charge in [0, 0.05) is 16.8 Å². The number of carbonyl (C=O) groups is 2. The Morgan fingerprint density at radius 3 is 2.52 bits per heavy atom. The third kappa shape index (κ3) is 4.84.